The molecule has 0 aliphatic rings. The molecule has 0 unspecified atom stereocenters. The Morgan fingerprint density at radius 3 is 2.92 bits per heavy atom. The first-order chi connectivity index (χ1) is 5.70. The Morgan fingerprint density at radius 1 is 1.67 bits per heavy atom. The summed E-state index contributed by atoms with van der Waals surface area (Å²) in [6, 6.07) is 5.01. The fraction of sp³-hybridized carbons (Fsp3) is 0.143. The van der Waals surface area contributed by atoms with Gasteiger partial charge in [-0.25, -0.2) is 20.6 Å². The predicted octanol–water partition coefficient (Wildman–Crippen LogP) is 0.386. The van der Waals surface area contributed by atoms with Gasteiger partial charge < -0.3 is 4.74 Å². The van der Waals surface area contributed by atoms with Crippen LogP contribution in [0.4, 0.5) is 4.79 Å². The van der Waals surface area contributed by atoms with Crippen LogP contribution in [0, 0.1) is 0 Å². The number of rotatable bonds is 1. The topological polar surface area (TPSA) is 68.5 Å². The number of hydrogen-bond donors (Lipinski definition) is 1. The van der Waals surface area contributed by atoms with Crippen LogP contribution in [-0.2, 0) is 0 Å². The average molecular weight is 167 g/mol. The Bertz CT molecular complexity index is 261. The standard InChI is InChI=1S/C7H9N3O2/c1-10(8)7(11)12-6-4-2-3-5-9-6/h2-5H,8H2,1H3. The van der Waals surface area contributed by atoms with E-state index < -0.39 is 6.09 Å². The first-order valence-corrected chi connectivity index (χ1v) is 3.31. The van der Waals surface area contributed by atoms with Crippen molar-refractivity contribution in [1.29, 1.82) is 0 Å². The highest BCUT2D eigenvalue weighted by atomic mass is 16.6. The molecule has 0 radical (unpaired) electrons. The predicted molar refractivity (Wildman–Crippen MR) is 42.2 cm³/mol. The van der Waals surface area contributed by atoms with E-state index >= 15 is 0 Å². The lowest BCUT2D eigenvalue weighted by molar-refractivity contribution is 0.162. The minimum atomic E-state index is -0.645. The number of hydrogen-bond acceptors (Lipinski definition) is 4. The lowest BCUT2D eigenvalue weighted by Gasteiger charge is -2.08. The quantitative estimate of drug-likeness (QED) is 0.373. The van der Waals surface area contributed by atoms with Gasteiger partial charge in [0.25, 0.3) is 0 Å². The molecule has 1 heterocycles. The number of carbonyl (C=O) groups is 1. The van der Waals surface area contributed by atoms with Crippen molar-refractivity contribution in [3.63, 3.8) is 0 Å². The summed E-state index contributed by atoms with van der Waals surface area (Å²) in [6.45, 7) is 0. The Hall–Kier alpha value is -1.62. The SMILES string of the molecule is CN(N)C(=O)Oc1ccccn1. The molecule has 1 amide bonds. The Balaban J connectivity index is 2.59. The number of ether oxygens (including phenoxy) is 1. The summed E-state index contributed by atoms with van der Waals surface area (Å²) in [5.74, 6) is 5.35. The summed E-state index contributed by atoms with van der Waals surface area (Å²) in [7, 11) is 1.39. The Kier molecular flexibility index (Phi) is 2.60. The maximum atomic E-state index is 10.9. The van der Waals surface area contributed by atoms with E-state index in [4.69, 9.17) is 10.6 Å². The van der Waals surface area contributed by atoms with Gasteiger partial charge in [-0.1, -0.05) is 6.07 Å². The molecule has 0 saturated carbocycles. The highest BCUT2D eigenvalue weighted by Gasteiger charge is 2.06. The van der Waals surface area contributed by atoms with Crippen LogP contribution in [0.5, 0.6) is 5.88 Å². The number of nitrogens with zero attached hydrogens (tertiary/aromatic N) is 2. The molecular formula is C7H9N3O2. The van der Waals surface area contributed by atoms with Crippen molar-refractivity contribution in [2.45, 2.75) is 0 Å². The van der Waals surface area contributed by atoms with Crippen LogP contribution in [0.15, 0.2) is 24.4 Å². The fourth-order valence-corrected chi connectivity index (χ4v) is 0.569. The fourth-order valence-electron chi connectivity index (χ4n) is 0.569. The third kappa shape index (κ3) is 2.21. The first-order valence-electron chi connectivity index (χ1n) is 3.31. The molecule has 0 saturated heterocycles. The zero-order chi connectivity index (χ0) is 8.97. The molecule has 5 heteroatoms. The maximum Gasteiger partial charge on any atom is 0.430 e. The second-order valence-electron chi connectivity index (χ2n) is 2.15. The van der Waals surface area contributed by atoms with Crippen molar-refractivity contribution in [2.24, 2.45) is 5.84 Å². The average Bonchev–Trinajstić information content (AvgIpc) is 2.06. The van der Waals surface area contributed by atoms with Crippen molar-refractivity contribution in [3.8, 4) is 5.88 Å². The normalized spacial score (nSPS) is 9.17. The molecule has 5 nitrogen and oxygen atoms in total. The first kappa shape index (κ1) is 8.48. The van der Waals surface area contributed by atoms with Gasteiger partial charge in [-0.05, 0) is 6.07 Å². The summed E-state index contributed by atoms with van der Waals surface area (Å²) in [6.07, 6.45) is 0.882. The highest BCUT2D eigenvalue weighted by Crippen LogP contribution is 2.03. The molecule has 12 heavy (non-hydrogen) atoms. The van der Waals surface area contributed by atoms with Gasteiger partial charge in [0.15, 0.2) is 0 Å². The van der Waals surface area contributed by atoms with Crippen LogP contribution in [0.1, 0.15) is 0 Å². The maximum absolute atomic E-state index is 10.9. The lowest BCUT2D eigenvalue weighted by atomic mass is 10.5. The molecule has 1 rings (SSSR count). The molecule has 0 atom stereocenters. The zero-order valence-corrected chi connectivity index (χ0v) is 6.60. The van der Waals surface area contributed by atoms with E-state index in [1.165, 1.54) is 13.2 Å². The number of nitrogens with two attached hydrogens (primary N) is 1. The molecule has 0 aromatic carbocycles. The molecule has 1 aromatic heterocycles. The van der Waals surface area contributed by atoms with E-state index in [0.717, 1.165) is 5.01 Å². The smallest absolute Gasteiger partial charge is 0.390 e. The van der Waals surface area contributed by atoms with Crippen molar-refractivity contribution < 1.29 is 9.53 Å². The van der Waals surface area contributed by atoms with Crippen LogP contribution in [-0.4, -0.2) is 23.1 Å². The van der Waals surface area contributed by atoms with Gasteiger partial charge >= 0.3 is 6.09 Å². The van der Waals surface area contributed by atoms with Crippen molar-refractivity contribution in [2.75, 3.05) is 7.05 Å². The minimum absolute atomic E-state index is 0.236. The molecule has 64 valence electrons. The summed E-state index contributed by atoms with van der Waals surface area (Å²) < 4.78 is 4.73. The third-order valence-electron chi connectivity index (χ3n) is 1.12. The molecule has 0 bridgehead atoms. The Labute approximate surface area is 69.7 Å². The number of pyridine rings is 1. The van der Waals surface area contributed by atoms with E-state index in [0.29, 0.717) is 0 Å². The number of hydrazine groups is 1. The number of amides is 1. The largest absolute Gasteiger partial charge is 0.430 e. The van der Waals surface area contributed by atoms with E-state index in [1.54, 1.807) is 18.2 Å². The molecular weight excluding hydrogens is 158 g/mol. The van der Waals surface area contributed by atoms with Crippen molar-refractivity contribution >= 4 is 6.09 Å². The number of aromatic nitrogens is 1. The lowest BCUT2D eigenvalue weighted by Crippen LogP contribution is -2.35. The van der Waals surface area contributed by atoms with E-state index in [-0.39, 0.29) is 5.88 Å². The highest BCUT2D eigenvalue weighted by molar-refractivity contribution is 5.68. The van der Waals surface area contributed by atoms with E-state index in [2.05, 4.69) is 4.98 Å². The van der Waals surface area contributed by atoms with Crippen LogP contribution in [0.3, 0.4) is 0 Å². The van der Waals surface area contributed by atoms with Gasteiger partial charge in [-0.15, -0.1) is 0 Å². The molecule has 0 spiro atoms. The van der Waals surface area contributed by atoms with E-state index in [9.17, 15) is 4.79 Å². The van der Waals surface area contributed by atoms with Gasteiger partial charge in [-0.2, -0.15) is 0 Å². The van der Waals surface area contributed by atoms with Crippen LogP contribution in [0.2, 0.25) is 0 Å². The van der Waals surface area contributed by atoms with Crippen LogP contribution in [0.25, 0.3) is 0 Å². The molecule has 0 aliphatic carbocycles. The summed E-state index contributed by atoms with van der Waals surface area (Å²) >= 11 is 0. The molecule has 1 aromatic rings. The minimum Gasteiger partial charge on any atom is -0.390 e. The second kappa shape index (κ2) is 3.68. The zero-order valence-electron chi connectivity index (χ0n) is 6.60. The van der Waals surface area contributed by atoms with Gasteiger partial charge in [0.05, 0.1) is 0 Å². The molecule has 0 aliphatic heterocycles. The second-order valence-corrected chi connectivity index (χ2v) is 2.15. The van der Waals surface area contributed by atoms with Crippen LogP contribution >= 0.6 is 0 Å². The van der Waals surface area contributed by atoms with Gasteiger partial charge in [0, 0.05) is 19.3 Å². The van der Waals surface area contributed by atoms with Crippen molar-refractivity contribution in [3.05, 3.63) is 24.4 Å². The van der Waals surface area contributed by atoms with Gasteiger partial charge in [0.2, 0.25) is 5.88 Å². The molecule has 0 fully saturated rings. The summed E-state index contributed by atoms with van der Waals surface area (Å²) in [5, 5.41) is 0.842. The summed E-state index contributed by atoms with van der Waals surface area (Å²) in [4.78, 5) is 14.6. The monoisotopic (exact) mass is 167 g/mol. The van der Waals surface area contributed by atoms with Gasteiger partial charge in [-0.3, -0.25) is 0 Å². The van der Waals surface area contributed by atoms with Gasteiger partial charge in [0.1, 0.15) is 0 Å². The molecule has 2 N–H and O–H groups in total. The summed E-state index contributed by atoms with van der Waals surface area (Å²) in [5.41, 5.74) is 0. The third-order valence-corrected chi connectivity index (χ3v) is 1.12. The van der Waals surface area contributed by atoms with Crippen molar-refractivity contribution in [1.82, 2.24) is 9.99 Å². The van der Waals surface area contributed by atoms with Crippen LogP contribution < -0.4 is 10.6 Å². The Morgan fingerprint density at radius 2 is 2.42 bits per heavy atom. The number of carbonyl (C=O) groups excluding carboxylic acids is 1. The van der Waals surface area contributed by atoms with E-state index in [1.807, 2.05) is 0 Å².